The minimum absolute atomic E-state index is 0.145. The van der Waals surface area contributed by atoms with Crippen molar-refractivity contribution in [2.75, 3.05) is 39.5 Å². The lowest BCUT2D eigenvalue weighted by Crippen LogP contribution is -2.55. The SMILES string of the molecule is CCCNC(C)(CC(C)N1CCOCC1)C(=O)OCC. The van der Waals surface area contributed by atoms with Gasteiger partial charge in [-0.25, -0.2) is 0 Å². The molecule has 5 nitrogen and oxygen atoms in total. The largest absolute Gasteiger partial charge is 0.465 e. The van der Waals surface area contributed by atoms with Gasteiger partial charge < -0.3 is 14.8 Å². The van der Waals surface area contributed by atoms with Crippen molar-refractivity contribution < 1.29 is 14.3 Å². The number of nitrogens with one attached hydrogen (secondary N) is 1. The van der Waals surface area contributed by atoms with Crippen LogP contribution in [0.15, 0.2) is 0 Å². The molecule has 0 aromatic rings. The minimum Gasteiger partial charge on any atom is -0.465 e. The number of ether oxygens (including phenoxy) is 2. The van der Waals surface area contributed by atoms with Gasteiger partial charge in [-0.05, 0) is 40.2 Å². The average Bonchev–Trinajstić information content (AvgIpc) is 2.46. The van der Waals surface area contributed by atoms with Gasteiger partial charge in [0.2, 0.25) is 0 Å². The third-order valence-electron chi connectivity index (χ3n) is 3.86. The highest BCUT2D eigenvalue weighted by molar-refractivity contribution is 5.80. The minimum atomic E-state index is -0.607. The zero-order valence-electron chi connectivity index (χ0n) is 13.4. The van der Waals surface area contributed by atoms with Gasteiger partial charge in [-0.1, -0.05) is 6.92 Å². The van der Waals surface area contributed by atoms with E-state index in [4.69, 9.17) is 9.47 Å². The Balaban J connectivity index is 2.64. The number of nitrogens with zero attached hydrogens (tertiary/aromatic N) is 1. The van der Waals surface area contributed by atoms with E-state index >= 15 is 0 Å². The molecule has 1 rings (SSSR count). The van der Waals surface area contributed by atoms with Gasteiger partial charge in [-0.3, -0.25) is 9.69 Å². The third-order valence-corrected chi connectivity index (χ3v) is 3.86. The second-order valence-electron chi connectivity index (χ2n) is 5.68. The van der Waals surface area contributed by atoms with Crippen LogP contribution in [0.2, 0.25) is 0 Å². The van der Waals surface area contributed by atoms with Gasteiger partial charge in [0.1, 0.15) is 5.54 Å². The summed E-state index contributed by atoms with van der Waals surface area (Å²) < 4.78 is 10.6. The number of rotatable bonds is 8. The van der Waals surface area contributed by atoms with Crippen molar-refractivity contribution in [1.29, 1.82) is 0 Å². The highest BCUT2D eigenvalue weighted by Gasteiger charge is 2.37. The maximum absolute atomic E-state index is 12.3. The van der Waals surface area contributed by atoms with Gasteiger partial charge in [-0.2, -0.15) is 0 Å². The quantitative estimate of drug-likeness (QED) is 0.684. The zero-order chi connectivity index (χ0) is 15.0. The van der Waals surface area contributed by atoms with E-state index in [9.17, 15) is 4.79 Å². The fourth-order valence-electron chi connectivity index (χ4n) is 2.66. The molecule has 0 radical (unpaired) electrons. The molecule has 1 aliphatic rings. The molecule has 0 aromatic heterocycles. The van der Waals surface area contributed by atoms with Crippen LogP contribution in [0, 0.1) is 0 Å². The lowest BCUT2D eigenvalue weighted by atomic mass is 9.92. The van der Waals surface area contributed by atoms with E-state index in [1.54, 1.807) is 0 Å². The summed E-state index contributed by atoms with van der Waals surface area (Å²) in [5.41, 5.74) is -0.607. The number of carbonyl (C=O) groups excluding carboxylic acids is 1. The fraction of sp³-hybridized carbons (Fsp3) is 0.933. The van der Waals surface area contributed by atoms with Gasteiger partial charge in [0.05, 0.1) is 19.8 Å². The Kier molecular flexibility index (Phi) is 7.48. The summed E-state index contributed by atoms with van der Waals surface area (Å²) >= 11 is 0. The van der Waals surface area contributed by atoms with E-state index in [0.717, 1.165) is 45.7 Å². The lowest BCUT2D eigenvalue weighted by Gasteiger charge is -2.37. The molecular formula is C15H30N2O3. The molecule has 0 aromatic carbocycles. The van der Waals surface area contributed by atoms with Gasteiger partial charge >= 0.3 is 5.97 Å². The Hall–Kier alpha value is -0.650. The van der Waals surface area contributed by atoms with Crippen LogP contribution in [-0.2, 0) is 14.3 Å². The van der Waals surface area contributed by atoms with Crippen LogP contribution < -0.4 is 5.32 Å². The molecule has 118 valence electrons. The molecule has 0 spiro atoms. The van der Waals surface area contributed by atoms with Gasteiger partial charge in [0.15, 0.2) is 0 Å². The highest BCUT2D eigenvalue weighted by atomic mass is 16.5. The number of morpholine rings is 1. The molecule has 0 amide bonds. The smallest absolute Gasteiger partial charge is 0.326 e. The second-order valence-corrected chi connectivity index (χ2v) is 5.68. The van der Waals surface area contributed by atoms with E-state index in [-0.39, 0.29) is 5.97 Å². The lowest BCUT2D eigenvalue weighted by molar-refractivity contribution is -0.151. The molecule has 1 fully saturated rings. The van der Waals surface area contributed by atoms with E-state index in [1.165, 1.54) is 0 Å². The molecule has 5 heteroatoms. The summed E-state index contributed by atoms with van der Waals surface area (Å²) in [5, 5.41) is 3.37. The van der Waals surface area contributed by atoms with Crippen LogP contribution in [0.3, 0.4) is 0 Å². The summed E-state index contributed by atoms with van der Waals surface area (Å²) in [6.45, 7) is 12.8. The first-order valence-electron chi connectivity index (χ1n) is 7.77. The second kappa shape index (κ2) is 8.60. The van der Waals surface area contributed by atoms with Crippen LogP contribution in [0.4, 0.5) is 0 Å². The molecule has 0 aliphatic carbocycles. The third kappa shape index (κ3) is 5.04. The standard InChI is InChI=1S/C15H30N2O3/c1-5-7-16-15(4,14(18)20-6-2)12-13(3)17-8-10-19-11-9-17/h13,16H,5-12H2,1-4H3. The highest BCUT2D eigenvalue weighted by Crippen LogP contribution is 2.19. The van der Waals surface area contributed by atoms with Gasteiger partial charge in [0, 0.05) is 19.1 Å². The van der Waals surface area contributed by atoms with Crippen LogP contribution in [-0.4, -0.2) is 61.9 Å². The zero-order valence-corrected chi connectivity index (χ0v) is 13.4. The molecule has 1 aliphatic heterocycles. The molecule has 2 unspecified atom stereocenters. The number of esters is 1. The number of hydrogen-bond donors (Lipinski definition) is 1. The monoisotopic (exact) mass is 286 g/mol. The van der Waals surface area contributed by atoms with Crippen molar-refractivity contribution in [2.45, 2.75) is 52.1 Å². The van der Waals surface area contributed by atoms with Crippen molar-refractivity contribution >= 4 is 5.97 Å². The Morgan fingerprint density at radius 2 is 2.05 bits per heavy atom. The van der Waals surface area contributed by atoms with Gasteiger partial charge in [-0.15, -0.1) is 0 Å². The molecule has 1 N–H and O–H groups in total. The Morgan fingerprint density at radius 1 is 1.40 bits per heavy atom. The first-order chi connectivity index (χ1) is 9.53. The van der Waals surface area contributed by atoms with Crippen molar-refractivity contribution in [3.05, 3.63) is 0 Å². The van der Waals surface area contributed by atoms with Crippen LogP contribution in [0.5, 0.6) is 0 Å². The summed E-state index contributed by atoms with van der Waals surface area (Å²) in [6, 6.07) is 0.331. The van der Waals surface area contributed by atoms with Crippen LogP contribution in [0.1, 0.15) is 40.5 Å². The predicted molar refractivity (Wildman–Crippen MR) is 79.8 cm³/mol. The molecule has 1 saturated heterocycles. The summed E-state index contributed by atoms with van der Waals surface area (Å²) in [6.07, 6.45) is 1.76. The van der Waals surface area contributed by atoms with Gasteiger partial charge in [0.25, 0.3) is 0 Å². The van der Waals surface area contributed by atoms with Crippen molar-refractivity contribution in [1.82, 2.24) is 10.2 Å². The number of hydrogen-bond acceptors (Lipinski definition) is 5. The van der Waals surface area contributed by atoms with Crippen molar-refractivity contribution in [3.63, 3.8) is 0 Å². The van der Waals surface area contributed by atoms with E-state index in [1.807, 2.05) is 13.8 Å². The van der Waals surface area contributed by atoms with Crippen LogP contribution in [0.25, 0.3) is 0 Å². The predicted octanol–water partition coefficient (Wildman–Crippen LogP) is 1.42. The van der Waals surface area contributed by atoms with E-state index in [0.29, 0.717) is 12.6 Å². The summed E-state index contributed by atoms with van der Waals surface area (Å²) in [7, 11) is 0. The van der Waals surface area contributed by atoms with Crippen molar-refractivity contribution in [3.8, 4) is 0 Å². The molecule has 0 saturated carbocycles. The molecule has 20 heavy (non-hydrogen) atoms. The first-order valence-corrected chi connectivity index (χ1v) is 7.77. The van der Waals surface area contributed by atoms with E-state index in [2.05, 4.69) is 24.1 Å². The van der Waals surface area contributed by atoms with Crippen LogP contribution >= 0.6 is 0 Å². The first kappa shape index (κ1) is 17.4. The molecule has 2 atom stereocenters. The topological polar surface area (TPSA) is 50.8 Å². The maximum Gasteiger partial charge on any atom is 0.326 e. The Labute approximate surface area is 123 Å². The maximum atomic E-state index is 12.3. The molecule has 1 heterocycles. The molecular weight excluding hydrogens is 256 g/mol. The molecule has 0 bridgehead atoms. The Bertz CT molecular complexity index is 293. The van der Waals surface area contributed by atoms with E-state index < -0.39 is 5.54 Å². The number of carbonyl (C=O) groups is 1. The fourth-order valence-corrected chi connectivity index (χ4v) is 2.66. The summed E-state index contributed by atoms with van der Waals surface area (Å²) in [4.78, 5) is 14.6. The van der Waals surface area contributed by atoms with Crippen molar-refractivity contribution in [2.24, 2.45) is 0 Å². The Morgan fingerprint density at radius 3 is 2.60 bits per heavy atom. The normalized spacial score (nSPS) is 21.2. The summed E-state index contributed by atoms with van der Waals surface area (Å²) in [5.74, 6) is -0.145. The average molecular weight is 286 g/mol.